The van der Waals surface area contributed by atoms with E-state index in [1.165, 1.54) is 10.6 Å². The molecule has 0 bridgehead atoms. The molecule has 0 fully saturated rings. The predicted molar refractivity (Wildman–Crippen MR) is 87.1 cm³/mol. The number of fused-ring (bicyclic) bond motifs is 1. The van der Waals surface area contributed by atoms with Crippen LogP contribution in [0, 0.1) is 6.92 Å². The fourth-order valence-electron chi connectivity index (χ4n) is 2.21. The van der Waals surface area contributed by atoms with Crippen LogP contribution in [0.2, 0.25) is 15.1 Å². The Balaban J connectivity index is 2.41. The number of aromatic nitrogens is 2. The fraction of sp³-hybridized carbons (Fsp3) is 0.0667. The van der Waals surface area contributed by atoms with Crippen LogP contribution in [0.5, 0.6) is 0 Å². The van der Waals surface area contributed by atoms with Crippen LogP contribution in [-0.2, 0) is 0 Å². The largest absolute Gasteiger partial charge is 0.268 e. The highest BCUT2D eigenvalue weighted by molar-refractivity contribution is 6.43. The summed E-state index contributed by atoms with van der Waals surface area (Å²) in [5.41, 5.74) is 0.914. The molecule has 106 valence electrons. The number of halogens is 3. The van der Waals surface area contributed by atoms with Gasteiger partial charge in [-0.05, 0) is 31.2 Å². The molecule has 0 unspecified atom stereocenters. The van der Waals surface area contributed by atoms with E-state index in [0.717, 1.165) is 0 Å². The lowest BCUT2D eigenvalue weighted by molar-refractivity contribution is 0.895. The third kappa shape index (κ3) is 2.42. The number of hydrogen-bond acceptors (Lipinski definition) is 2. The van der Waals surface area contributed by atoms with E-state index in [1.54, 1.807) is 31.2 Å². The van der Waals surface area contributed by atoms with Crippen molar-refractivity contribution >= 4 is 45.7 Å². The van der Waals surface area contributed by atoms with Gasteiger partial charge in [0, 0.05) is 0 Å². The van der Waals surface area contributed by atoms with Gasteiger partial charge in [0.25, 0.3) is 5.56 Å². The smallest absolute Gasteiger partial charge is 0.266 e. The van der Waals surface area contributed by atoms with E-state index in [-0.39, 0.29) is 5.56 Å². The summed E-state index contributed by atoms with van der Waals surface area (Å²) in [7, 11) is 0. The first-order valence-corrected chi connectivity index (χ1v) is 7.26. The van der Waals surface area contributed by atoms with Crippen LogP contribution in [0.3, 0.4) is 0 Å². The topological polar surface area (TPSA) is 34.9 Å². The number of benzene rings is 2. The average molecular weight is 340 g/mol. The SMILES string of the molecule is Cc1nc2ccccc2c(=O)n1-c1cc(Cl)c(Cl)cc1Cl. The van der Waals surface area contributed by atoms with Crippen molar-refractivity contribution in [2.45, 2.75) is 6.92 Å². The molecule has 3 aromatic rings. The van der Waals surface area contributed by atoms with Crippen LogP contribution in [0.15, 0.2) is 41.2 Å². The summed E-state index contributed by atoms with van der Waals surface area (Å²) in [6.45, 7) is 1.74. The minimum absolute atomic E-state index is 0.196. The number of aryl methyl sites for hydroxylation is 1. The molecule has 0 aliphatic heterocycles. The average Bonchev–Trinajstić information content (AvgIpc) is 2.44. The lowest BCUT2D eigenvalue weighted by atomic mass is 10.2. The molecule has 3 nitrogen and oxygen atoms in total. The van der Waals surface area contributed by atoms with E-state index in [2.05, 4.69) is 4.98 Å². The van der Waals surface area contributed by atoms with Gasteiger partial charge in [-0.2, -0.15) is 0 Å². The molecular formula is C15H9Cl3N2O. The molecule has 3 rings (SSSR count). The number of nitrogens with zero attached hydrogens (tertiary/aromatic N) is 2. The summed E-state index contributed by atoms with van der Waals surface area (Å²) in [5, 5.41) is 1.53. The zero-order valence-electron chi connectivity index (χ0n) is 10.9. The monoisotopic (exact) mass is 338 g/mol. The lowest BCUT2D eigenvalue weighted by Crippen LogP contribution is -2.22. The van der Waals surface area contributed by atoms with Crippen LogP contribution >= 0.6 is 34.8 Å². The van der Waals surface area contributed by atoms with Gasteiger partial charge in [-0.1, -0.05) is 46.9 Å². The molecule has 0 atom stereocenters. The molecule has 0 spiro atoms. The minimum Gasteiger partial charge on any atom is -0.268 e. The molecule has 0 aliphatic rings. The van der Waals surface area contributed by atoms with Crippen LogP contribution in [0.1, 0.15) is 5.82 Å². The van der Waals surface area contributed by atoms with Gasteiger partial charge in [-0.25, -0.2) is 4.98 Å². The van der Waals surface area contributed by atoms with Crippen LogP contribution < -0.4 is 5.56 Å². The van der Waals surface area contributed by atoms with Crippen LogP contribution in [0.25, 0.3) is 16.6 Å². The zero-order valence-corrected chi connectivity index (χ0v) is 13.2. The van der Waals surface area contributed by atoms with Crippen molar-refractivity contribution < 1.29 is 0 Å². The van der Waals surface area contributed by atoms with Gasteiger partial charge >= 0.3 is 0 Å². The summed E-state index contributed by atoms with van der Waals surface area (Å²) in [4.78, 5) is 17.1. The minimum atomic E-state index is -0.196. The quantitative estimate of drug-likeness (QED) is 0.605. The van der Waals surface area contributed by atoms with Crippen molar-refractivity contribution in [2.24, 2.45) is 0 Å². The summed E-state index contributed by atoms with van der Waals surface area (Å²) < 4.78 is 1.44. The van der Waals surface area contributed by atoms with Crippen molar-refractivity contribution in [3.63, 3.8) is 0 Å². The van der Waals surface area contributed by atoms with E-state index in [4.69, 9.17) is 34.8 Å². The van der Waals surface area contributed by atoms with Gasteiger partial charge in [-0.15, -0.1) is 0 Å². The second-order valence-electron chi connectivity index (χ2n) is 4.53. The van der Waals surface area contributed by atoms with E-state index in [1.807, 2.05) is 6.07 Å². The van der Waals surface area contributed by atoms with Crippen molar-refractivity contribution in [3.05, 3.63) is 67.6 Å². The van der Waals surface area contributed by atoms with E-state index in [0.29, 0.717) is 37.5 Å². The summed E-state index contributed by atoms with van der Waals surface area (Å²) in [6, 6.07) is 10.2. The Hall–Kier alpha value is -1.55. The van der Waals surface area contributed by atoms with E-state index < -0.39 is 0 Å². The van der Waals surface area contributed by atoms with Crippen LogP contribution in [-0.4, -0.2) is 9.55 Å². The van der Waals surface area contributed by atoms with Crippen molar-refractivity contribution in [1.29, 1.82) is 0 Å². The van der Waals surface area contributed by atoms with Crippen molar-refractivity contribution in [3.8, 4) is 5.69 Å². The van der Waals surface area contributed by atoms with Crippen molar-refractivity contribution in [1.82, 2.24) is 9.55 Å². The summed E-state index contributed by atoms with van der Waals surface area (Å²) in [5.74, 6) is 0.527. The molecule has 2 aromatic carbocycles. The molecule has 6 heteroatoms. The molecule has 0 saturated carbocycles. The molecule has 0 N–H and O–H groups in total. The molecule has 1 aromatic heterocycles. The standard InChI is InChI=1S/C15H9Cl3N2O/c1-8-19-13-5-3-2-4-9(13)15(21)20(8)14-7-11(17)10(16)6-12(14)18/h2-7H,1H3. The maximum absolute atomic E-state index is 12.7. The van der Waals surface area contributed by atoms with Gasteiger partial charge in [0.05, 0.1) is 31.7 Å². The maximum atomic E-state index is 12.7. The Morgan fingerprint density at radius 1 is 1.00 bits per heavy atom. The third-order valence-electron chi connectivity index (χ3n) is 3.17. The Morgan fingerprint density at radius 3 is 2.43 bits per heavy atom. The fourth-order valence-corrected chi connectivity index (χ4v) is 2.84. The molecule has 21 heavy (non-hydrogen) atoms. The van der Waals surface area contributed by atoms with Gasteiger partial charge in [-0.3, -0.25) is 9.36 Å². The number of hydrogen-bond donors (Lipinski definition) is 0. The first-order chi connectivity index (χ1) is 9.99. The Kier molecular flexibility index (Phi) is 3.66. The second kappa shape index (κ2) is 5.34. The Bertz CT molecular complexity index is 919. The number of rotatable bonds is 1. The molecular weight excluding hydrogens is 331 g/mol. The highest BCUT2D eigenvalue weighted by Gasteiger charge is 2.14. The first kappa shape index (κ1) is 14.4. The van der Waals surface area contributed by atoms with E-state index >= 15 is 0 Å². The van der Waals surface area contributed by atoms with Crippen LogP contribution in [0.4, 0.5) is 0 Å². The van der Waals surface area contributed by atoms with Gasteiger partial charge in [0.2, 0.25) is 0 Å². The van der Waals surface area contributed by atoms with Gasteiger partial charge in [0.1, 0.15) is 5.82 Å². The predicted octanol–water partition coefficient (Wildman–Crippen LogP) is 4.65. The summed E-state index contributed by atoms with van der Waals surface area (Å²) in [6.07, 6.45) is 0. The maximum Gasteiger partial charge on any atom is 0.266 e. The lowest BCUT2D eigenvalue weighted by Gasteiger charge is -2.13. The van der Waals surface area contributed by atoms with Gasteiger partial charge < -0.3 is 0 Å². The highest BCUT2D eigenvalue weighted by Crippen LogP contribution is 2.31. The third-order valence-corrected chi connectivity index (χ3v) is 4.20. The van der Waals surface area contributed by atoms with E-state index in [9.17, 15) is 4.79 Å². The first-order valence-electron chi connectivity index (χ1n) is 6.12. The highest BCUT2D eigenvalue weighted by atomic mass is 35.5. The normalized spacial score (nSPS) is 11.0. The molecule has 0 amide bonds. The van der Waals surface area contributed by atoms with Gasteiger partial charge in [0.15, 0.2) is 0 Å². The Morgan fingerprint density at radius 2 is 1.67 bits per heavy atom. The number of para-hydroxylation sites is 1. The molecule has 0 saturated heterocycles. The Labute approximate surface area is 135 Å². The molecule has 0 aliphatic carbocycles. The second-order valence-corrected chi connectivity index (χ2v) is 5.76. The molecule has 1 heterocycles. The molecule has 0 radical (unpaired) electrons. The summed E-state index contributed by atoms with van der Waals surface area (Å²) >= 11 is 18.2. The van der Waals surface area contributed by atoms with Crippen molar-refractivity contribution in [2.75, 3.05) is 0 Å². The zero-order chi connectivity index (χ0) is 15.1.